The van der Waals surface area contributed by atoms with E-state index in [0.29, 0.717) is 17.9 Å². The second-order valence-electron chi connectivity index (χ2n) is 4.64. The topological polar surface area (TPSA) is 66.4 Å². The highest BCUT2D eigenvalue weighted by Gasteiger charge is 2.20. The number of hydrogen-bond acceptors (Lipinski definition) is 4. The molecule has 1 aromatic carbocycles. The highest BCUT2D eigenvalue weighted by atomic mass is 35.5. The summed E-state index contributed by atoms with van der Waals surface area (Å²) in [6.45, 7) is 1.85. The molecule has 20 heavy (non-hydrogen) atoms. The van der Waals surface area contributed by atoms with Crippen LogP contribution in [0.1, 0.15) is 19.8 Å². The number of sulfonamides is 1. The minimum Gasteiger partial charge on any atom is -0.396 e. The summed E-state index contributed by atoms with van der Waals surface area (Å²) in [5, 5.41) is 10.2. The van der Waals surface area contributed by atoms with Crippen molar-refractivity contribution in [1.82, 2.24) is 4.72 Å². The van der Waals surface area contributed by atoms with Crippen LogP contribution in [0.4, 0.5) is 0 Å². The molecule has 2 N–H and O–H groups in total. The minimum absolute atomic E-state index is 0.0630. The van der Waals surface area contributed by atoms with Crippen molar-refractivity contribution < 1.29 is 13.5 Å². The summed E-state index contributed by atoms with van der Waals surface area (Å²) in [4.78, 5) is 0. The molecule has 0 aliphatic carbocycles. The Morgan fingerprint density at radius 3 is 2.85 bits per heavy atom. The molecule has 2 aromatic rings. The van der Waals surface area contributed by atoms with Crippen LogP contribution in [0.15, 0.2) is 28.5 Å². The molecule has 1 heterocycles. The van der Waals surface area contributed by atoms with Crippen LogP contribution in [0.25, 0.3) is 10.1 Å². The number of nitrogens with one attached hydrogen (secondary N) is 1. The number of hydrogen-bond donors (Lipinski definition) is 2. The first-order valence-electron chi connectivity index (χ1n) is 6.24. The standard InChI is InChI=1S/C13H16ClNO3S2/c1-9(3-2-6-16)15-20(17,18)13-8-10-7-11(14)4-5-12(10)19-13/h4-5,7-9,15-16H,2-3,6H2,1H3. The van der Waals surface area contributed by atoms with Gasteiger partial charge >= 0.3 is 0 Å². The second-order valence-corrected chi connectivity index (χ2v) is 8.10. The Kier molecular flexibility index (Phi) is 5.04. The SMILES string of the molecule is CC(CCCO)NS(=O)(=O)c1cc2cc(Cl)ccc2s1. The molecule has 1 unspecified atom stereocenters. The molecule has 2 rings (SSSR count). The third kappa shape index (κ3) is 3.71. The summed E-state index contributed by atoms with van der Waals surface area (Å²) in [6.07, 6.45) is 1.18. The first kappa shape index (κ1) is 15.7. The number of aliphatic hydroxyl groups is 1. The van der Waals surface area contributed by atoms with Gasteiger partial charge in [-0.15, -0.1) is 11.3 Å². The maximum absolute atomic E-state index is 12.3. The Hall–Kier alpha value is -0.660. The molecule has 0 amide bonds. The van der Waals surface area contributed by atoms with E-state index < -0.39 is 10.0 Å². The number of fused-ring (bicyclic) bond motifs is 1. The molecule has 4 nitrogen and oxygen atoms in total. The highest BCUT2D eigenvalue weighted by Crippen LogP contribution is 2.30. The predicted octanol–water partition coefficient (Wildman–Crippen LogP) is 2.99. The van der Waals surface area contributed by atoms with Crippen LogP contribution in [0, 0.1) is 0 Å². The van der Waals surface area contributed by atoms with Crippen LogP contribution in [0.3, 0.4) is 0 Å². The largest absolute Gasteiger partial charge is 0.396 e. The molecule has 1 atom stereocenters. The third-order valence-corrected chi connectivity index (χ3v) is 6.29. The van der Waals surface area contributed by atoms with E-state index in [9.17, 15) is 8.42 Å². The van der Waals surface area contributed by atoms with Crippen molar-refractivity contribution >= 4 is 43.0 Å². The number of aliphatic hydroxyl groups excluding tert-OH is 1. The Balaban J connectivity index is 2.23. The van der Waals surface area contributed by atoms with Crippen molar-refractivity contribution in [3.05, 3.63) is 29.3 Å². The number of thiophene rings is 1. The molecule has 0 bridgehead atoms. The van der Waals surface area contributed by atoms with E-state index in [2.05, 4.69) is 4.72 Å². The average Bonchev–Trinajstić information content (AvgIpc) is 2.79. The average molecular weight is 334 g/mol. The molecule has 0 spiro atoms. The molecule has 0 radical (unpaired) electrons. The Bertz CT molecular complexity index is 697. The van der Waals surface area contributed by atoms with E-state index in [-0.39, 0.29) is 16.9 Å². The summed E-state index contributed by atoms with van der Waals surface area (Å²) < 4.78 is 28.3. The van der Waals surface area contributed by atoms with Gasteiger partial charge in [0.1, 0.15) is 4.21 Å². The maximum atomic E-state index is 12.3. The quantitative estimate of drug-likeness (QED) is 0.854. The van der Waals surface area contributed by atoms with Gasteiger partial charge in [-0.1, -0.05) is 11.6 Å². The Morgan fingerprint density at radius 2 is 2.15 bits per heavy atom. The van der Waals surface area contributed by atoms with Crippen molar-refractivity contribution in [3.8, 4) is 0 Å². The summed E-state index contributed by atoms with van der Waals surface area (Å²) in [7, 11) is -3.52. The lowest BCUT2D eigenvalue weighted by molar-refractivity contribution is 0.279. The maximum Gasteiger partial charge on any atom is 0.250 e. The summed E-state index contributed by atoms with van der Waals surface area (Å²) in [6, 6.07) is 6.74. The first-order valence-corrected chi connectivity index (χ1v) is 8.92. The van der Waals surface area contributed by atoms with Crippen molar-refractivity contribution in [3.63, 3.8) is 0 Å². The lowest BCUT2D eigenvalue weighted by Crippen LogP contribution is -2.32. The van der Waals surface area contributed by atoms with Crippen molar-refractivity contribution in [2.75, 3.05) is 6.61 Å². The summed E-state index contributed by atoms with van der Waals surface area (Å²) >= 11 is 7.12. The van der Waals surface area contributed by atoms with Gasteiger partial charge in [-0.2, -0.15) is 0 Å². The number of rotatable bonds is 6. The summed E-state index contributed by atoms with van der Waals surface area (Å²) in [5.41, 5.74) is 0. The first-order chi connectivity index (χ1) is 9.42. The molecule has 0 fully saturated rings. The van der Waals surface area contributed by atoms with Crippen molar-refractivity contribution in [2.24, 2.45) is 0 Å². The highest BCUT2D eigenvalue weighted by molar-refractivity contribution is 7.91. The van der Waals surface area contributed by atoms with E-state index in [4.69, 9.17) is 16.7 Å². The third-order valence-electron chi connectivity index (χ3n) is 2.87. The van der Waals surface area contributed by atoms with Crippen molar-refractivity contribution in [2.45, 2.75) is 30.0 Å². The number of halogens is 1. The van der Waals surface area contributed by atoms with Gasteiger partial charge in [-0.05, 0) is 49.4 Å². The molecule has 0 aliphatic heterocycles. The smallest absolute Gasteiger partial charge is 0.250 e. The zero-order valence-corrected chi connectivity index (χ0v) is 13.4. The van der Waals surface area contributed by atoms with Gasteiger partial charge in [-0.3, -0.25) is 0 Å². The molecule has 0 aliphatic rings. The van der Waals surface area contributed by atoms with E-state index in [1.807, 2.05) is 6.07 Å². The fourth-order valence-electron chi connectivity index (χ4n) is 1.90. The van der Waals surface area contributed by atoms with Crippen LogP contribution in [-0.2, 0) is 10.0 Å². The van der Waals surface area contributed by atoms with Gasteiger partial charge < -0.3 is 5.11 Å². The van der Waals surface area contributed by atoms with Gasteiger partial charge in [0.15, 0.2) is 0 Å². The number of benzene rings is 1. The molecular weight excluding hydrogens is 318 g/mol. The lowest BCUT2D eigenvalue weighted by atomic mass is 10.2. The van der Waals surface area contributed by atoms with E-state index in [0.717, 1.165) is 10.1 Å². The van der Waals surface area contributed by atoms with Crippen LogP contribution in [0.5, 0.6) is 0 Å². The van der Waals surface area contributed by atoms with E-state index in [1.54, 1.807) is 25.1 Å². The van der Waals surface area contributed by atoms with Crippen LogP contribution >= 0.6 is 22.9 Å². The molecular formula is C13H16ClNO3S2. The predicted molar refractivity (Wildman–Crippen MR) is 82.9 cm³/mol. The fraction of sp³-hybridized carbons (Fsp3) is 0.385. The van der Waals surface area contributed by atoms with Crippen LogP contribution in [0.2, 0.25) is 5.02 Å². The molecule has 1 aromatic heterocycles. The Labute approximate surface area is 127 Å². The monoisotopic (exact) mass is 333 g/mol. The fourth-order valence-corrected chi connectivity index (χ4v) is 4.75. The van der Waals surface area contributed by atoms with Gasteiger partial charge in [-0.25, -0.2) is 13.1 Å². The van der Waals surface area contributed by atoms with Gasteiger partial charge in [0.2, 0.25) is 10.0 Å². The zero-order valence-electron chi connectivity index (χ0n) is 11.0. The molecule has 7 heteroatoms. The normalized spacial score (nSPS) is 13.8. The van der Waals surface area contributed by atoms with Gasteiger partial charge in [0.05, 0.1) is 0 Å². The zero-order chi connectivity index (χ0) is 14.8. The van der Waals surface area contributed by atoms with Gasteiger partial charge in [0.25, 0.3) is 0 Å². The Morgan fingerprint density at radius 1 is 1.40 bits per heavy atom. The molecule has 0 saturated carbocycles. The molecule has 0 saturated heterocycles. The lowest BCUT2D eigenvalue weighted by Gasteiger charge is -2.12. The van der Waals surface area contributed by atoms with E-state index in [1.165, 1.54) is 11.3 Å². The van der Waals surface area contributed by atoms with Crippen LogP contribution in [-0.4, -0.2) is 26.2 Å². The second kappa shape index (κ2) is 6.41. The van der Waals surface area contributed by atoms with E-state index >= 15 is 0 Å². The van der Waals surface area contributed by atoms with Gasteiger partial charge in [0, 0.05) is 22.4 Å². The van der Waals surface area contributed by atoms with Crippen molar-refractivity contribution in [1.29, 1.82) is 0 Å². The molecule has 110 valence electrons. The summed E-state index contributed by atoms with van der Waals surface area (Å²) in [5.74, 6) is 0. The van der Waals surface area contributed by atoms with Crippen LogP contribution < -0.4 is 4.72 Å². The minimum atomic E-state index is -3.52.